The summed E-state index contributed by atoms with van der Waals surface area (Å²) >= 11 is 1.28. The van der Waals surface area contributed by atoms with Gasteiger partial charge < -0.3 is 9.73 Å². The number of benzene rings is 2. The minimum Gasteiger partial charge on any atom is -0.416 e. The van der Waals surface area contributed by atoms with Crippen molar-refractivity contribution in [2.45, 2.75) is 36.9 Å². The molecule has 1 aliphatic rings. The minimum atomic E-state index is -0.0533. The van der Waals surface area contributed by atoms with Crippen LogP contribution in [0.1, 0.15) is 43.2 Å². The zero-order valence-corrected chi connectivity index (χ0v) is 14.8. The van der Waals surface area contributed by atoms with Gasteiger partial charge in [0.05, 0.1) is 11.8 Å². The number of amides is 1. The zero-order valence-electron chi connectivity index (χ0n) is 13.9. The Kier molecular flexibility index (Phi) is 4.44. The molecule has 1 N–H and O–H groups in total. The van der Waals surface area contributed by atoms with Crippen LogP contribution in [0.4, 0.5) is 0 Å². The smallest absolute Gasteiger partial charge is 0.277 e. The molecule has 1 unspecified atom stereocenters. The third-order valence-electron chi connectivity index (χ3n) is 4.33. The van der Waals surface area contributed by atoms with Gasteiger partial charge in [-0.2, -0.15) is 0 Å². The van der Waals surface area contributed by atoms with Crippen LogP contribution < -0.4 is 5.32 Å². The lowest BCUT2D eigenvalue weighted by Gasteiger charge is -2.14. The molecule has 1 amide bonds. The van der Waals surface area contributed by atoms with E-state index < -0.39 is 0 Å². The van der Waals surface area contributed by atoms with E-state index in [2.05, 4.69) is 45.8 Å². The van der Waals surface area contributed by atoms with Crippen LogP contribution in [0.25, 0.3) is 10.8 Å². The van der Waals surface area contributed by atoms with Crippen LogP contribution in [-0.4, -0.2) is 21.9 Å². The van der Waals surface area contributed by atoms with Crippen molar-refractivity contribution in [3.63, 3.8) is 0 Å². The fourth-order valence-corrected chi connectivity index (χ4v) is 3.33. The molecule has 2 aromatic carbocycles. The Labute approximate surface area is 150 Å². The minimum absolute atomic E-state index is 0.0446. The molecule has 1 aromatic heterocycles. The van der Waals surface area contributed by atoms with Gasteiger partial charge >= 0.3 is 0 Å². The van der Waals surface area contributed by atoms with Crippen LogP contribution in [-0.2, 0) is 4.79 Å². The zero-order chi connectivity index (χ0) is 17.2. The second kappa shape index (κ2) is 6.88. The van der Waals surface area contributed by atoms with E-state index in [0.29, 0.717) is 17.0 Å². The molecule has 128 valence electrons. The van der Waals surface area contributed by atoms with Gasteiger partial charge in [0.15, 0.2) is 0 Å². The van der Waals surface area contributed by atoms with Gasteiger partial charge in [0.1, 0.15) is 0 Å². The Morgan fingerprint density at radius 3 is 2.84 bits per heavy atom. The maximum Gasteiger partial charge on any atom is 0.277 e. The molecule has 1 saturated carbocycles. The van der Waals surface area contributed by atoms with Crippen molar-refractivity contribution in [3.05, 3.63) is 53.9 Å². The molecule has 0 saturated heterocycles. The Hall–Kier alpha value is -2.34. The first-order valence-electron chi connectivity index (χ1n) is 8.43. The van der Waals surface area contributed by atoms with Crippen LogP contribution in [0.3, 0.4) is 0 Å². The van der Waals surface area contributed by atoms with Crippen molar-refractivity contribution in [1.29, 1.82) is 0 Å². The van der Waals surface area contributed by atoms with E-state index in [4.69, 9.17) is 4.42 Å². The summed E-state index contributed by atoms with van der Waals surface area (Å²) in [6.45, 7) is 1.99. The van der Waals surface area contributed by atoms with Crippen LogP contribution in [0.5, 0.6) is 0 Å². The van der Waals surface area contributed by atoms with Gasteiger partial charge in [-0.15, -0.1) is 10.2 Å². The summed E-state index contributed by atoms with van der Waals surface area (Å²) in [4.78, 5) is 12.2. The Balaban J connectivity index is 1.33. The molecule has 3 aromatic rings. The largest absolute Gasteiger partial charge is 0.416 e. The highest BCUT2D eigenvalue weighted by molar-refractivity contribution is 7.99. The summed E-state index contributed by atoms with van der Waals surface area (Å²) in [7, 11) is 0. The van der Waals surface area contributed by atoms with Gasteiger partial charge in [-0.25, -0.2) is 0 Å². The maximum atomic E-state index is 12.2. The molecule has 25 heavy (non-hydrogen) atoms. The monoisotopic (exact) mass is 353 g/mol. The molecular weight excluding hydrogens is 334 g/mol. The van der Waals surface area contributed by atoms with E-state index in [1.165, 1.54) is 22.5 Å². The van der Waals surface area contributed by atoms with Crippen LogP contribution in [0.2, 0.25) is 0 Å². The summed E-state index contributed by atoms with van der Waals surface area (Å²) in [5, 5.41) is 13.9. The molecule has 0 radical (unpaired) electrons. The van der Waals surface area contributed by atoms with E-state index in [9.17, 15) is 4.79 Å². The highest BCUT2D eigenvalue weighted by Gasteiger charge is 2.29. The van der Waals surface area contributed by atoms with Gasteiger partial charge in [0.25, 0.3) is 5.22 Å². The van der Waals surface area contributed by atoms with Crippen molar-refractivity contribution < 1.29 is 9.21 Å². The molecular formula is C19H19N3O2S. The van der Waals surface area contributed by atoms with E-state index in [1.54, 1.807) is 0 Å². The molecule has 1 aliphatic carbocycles. The van der Waals surface area contributed by atoms with Crippen LogP contribution in [0.15, 0.2) is 52.1 Å². The van der Waals surface area contributed by atoms with Crippen LogP contribution >= 0.6 is 11.8 Å². The molecule has 4 rings (SSSR count). The van der Waals surface area contributed by atoms with Gasteiger partial charge in [0.2, 0.25) is 11.8 Å². The summed E-state index contributed by atoms with van der Waals surface area (Å²) in [6.07, 6.45) is 2.24. The molecule has 0 spiro atoms. The predicted octanol–water partition coefficient (Wildman–Crippen LogP) is 4.07. The normalized spacial score (nSPS) is 15.2. The fraction of sp³-hybridized carbons (Fsp3) is 0.316. The summed E-state index contributed by atoms with van der Waals surface area (Å²) in [6, 6.07) is 14.4. The molecule has 0 aliphatic heterocycles. The van der Waals surface area contributed by atoms with Crippen molar-refractivity contribution in [1.82, 2.24) is 15.5 Å². The topological polar surface area (TPSA) is 68.0 Å². The number of rotatable bonds is 6. The average Bonchev–Trinajstić information content (AvgIpc) is 3.38. The predicted molar refractivity (Wildman–Crippen MR) is 97.5 cm³/mol. The number of carbonyl (C=O) groups is 1. The number of thioether (sulfide) groups is 1. The molecule has 0 bridgehead atoms. The first kappa shape index (κ1) is 16.1. The third kappa shape index (κ3) is 3.85. The van der Waals surface area contributed by atoms with Crippen molar-refractivity contribution >= 4 is 28.4 Å². The molecule has 1 heterocycles. The summed E-state index contributed by atoms with van der Waals surface area (Å²) < 4.78 is 5.56. The number of hydrogen-bond acceptors (Lipinski definition) is 5. The number of aromatic nitrogens is 2. The second-order valence-electron chi connectivity index (χ2n) is 6.36. The van der Waals surface area contributed by atoms with E-state index in [-0.39, 0.29) is 17.7 Å². The third-order valence-corrected chi connectivity index (χ3v) is 5.14. The van der Waals surface area contributed by atoms with Crippen molar-refractivity contribution in [2.24, 2.45) is 0 Å². The molecule has 1 atom stereocenters. The molecule has 6 heteroatoms. The summed E-state index contributed by atoms with van der Waals surface area (Å²) in [5.41, 5.74) is 1.09. The first-order chi connectivity index (χ1) is 12.2. The quantitative estimate of drug-likeness (QED) is 0.677. The molecule has 1 fully saturated rings. The first-order valence-corrected chi connectivity index (χ1v) is 9.42. The number of nitrogens with zero attached hydrogens (tertiary/aromatic N) is 2. The number of hydrogen-bond donors (Lipinski definition) is 1. The van der Waals surface area contributed by atoms with E-state index in [1.807, 2.05) is 19.1 Å². The fourth-order valence-electron chi connectivity index (χ4n) is 2.74. The number of nitrogens with one attached hydrogen (secondary N) is 1. The number of fused-ring (bicyclic) bond motifs is 1. The van der Waals surface area contributed by atoms with Gasteiger partial charge in [-0.1, -0.05) is 48.2 Å². The van der Waals surface area contributed by atoms with Gasteiger partial charge in [-0.3, -0.25) is 4.79 Å². The average molecular weight is 353 g/mol. The Bertz CT molecular complexity index is 904. The highest BCUT2D eigenvalue weighted by atomic mass is 32.2. The van der Waals surface area contributed by atoms with Crippen molar-refractivity contribution in [2.75, 3.05) is 5.75 Å². The Morgan fingerprint density at radius 2 is 2.04 bits per heavy atom. The summed E-state index contributed by atoms with van der Waals surface area (Å²) in [5.74, 6) is 1.36. The SMILES string of the molecule is CC(NC(=O)CSc1nnc(C2CC2)o1)c1ccc2ccccc2c1. The van der Waals surface area contributed by atoms with Gasteiger partial charge in [0, 0.05) is 5.92 Å². The lowest BCUT2D eigenvalue weighted by atomic mass is 10.0. The maximum absolute atomic E-state index is 12.2. The second-order valence-corrected chi connectivity index (χ2v) is 7.29. The number of carbonyl (C=O) groups excluding carboxylic acids is 1. The van der Waals surface area contributed by atoms with E-state index in [0.717, 1.165) is 18.4 Å². The Morgan fingerprint density at radius 1 is 1.24 bits per heavy atom. The lowest BCUT2D eigenvalue weighted by Crippen LogP contribution is -2.28. The standard InChI is InChI=1S/C19H19N3O2S/c1-12(15-9-6-13-4-2-3-5-16(13)10-15)20-17(23)11-25-19-22-21-18(24-19)14-7-8-14/h2-6,9-10,12,14H,7-8,11H2,1H3,(H,20,23). The lowest BCUT2D eigenvalue weighted by molar-refractivity contribution is -0.119. The molecule has 5 nitrogen and oxygen atoms in total. The highest BCUT2D eigenvalue weighted by Crippen LogP contribution is 2.39. The van der Waals surface area contributed by atoms with E-state index >= 15 is 0 Å². The van der Waals surface area contributed by atoms with Crippen LogP contribution in [0, 0.1) is 0 Å². The van der Waals surface area contributed by atoms with Crippen molar-refractivity contribution in [3.8, 4) is 0 Å². The van der Waals surface area contributed by atoms with Gasteiger partial charge in [-0.05, 0) is 42.2 Å².